The number of allylic oxidation sites excluding steroid dienone is 2. The van der Waals surface area contributed by atoms with Gasteiger partial charge in [-0.3, -0.25) is 0 Å². The molecule has 2 aliphatic rings. The van der Waals surface area contributed by atoms with Crippen LogP contribution in [0.3, 0.4) is 0 Å². The Morgan fingerprint density at radius 1 is 0.958 bits per heavy atom. The van der Waals surface area contributed by atoms with Crippen molar-refractivity contribution >= 4 is 5.57 Å². The highest BCUT2D eigenvalue weighted by atomic mass is 16.5. The zero-order valence-corrected chi connectivity index (χ0v) is 15.0. The minimum atomic E-state index is 0.114. The van der Waals surface area contributed by atoms with Gasteiger partial charge < -0.3 is 18.9 Å². The van der Waals surface area contributed by atoms with Crippen molar-refractivity contribution in [2.24, 2.45) is 0 Å². The highest BCUT2D eigenvalue weighted by Gasteiger charge is 2.30. The zero-order valence-electron chi connectivity index (χ0n) is 15.0. The maximum absolute atomic E-state index is 5.80. The number of fused-ring (bicyclic) bond motifs is 2. The van der Waals surface area contributed by atoms with Gasteiger partial charge in [0.05, 0.1) is 27.4 Å². The predicted molar refractivity (Wildman–Crippen MR) is 95.1 cm³/mol. The third kappa shape index (κ3) is 2.80. The maximum atomic E-state index is 5.80. The number of benzene rings is 1. The van der Waals surface area contributed by atoms with Crippen LogP contribution in [0.5, 0.6) is 17.2 Å². The van der Waals surface area contributed by atoms with Crippen LogP contribution in [0.25, 0.3) is 5.57 Å². The van der Waals surface area contributed by atoms with E-state index in [-0.39, 0.29) is 6.10 Å². The lowest BCUT2D eigenvalue weighted by atomic mass is 9.91. The average Bonchev–Trinajstić information content (AvgIpc) is 2.93. The SMILES string of the molecule is COc1cc2c(c(OC)c1OC)C1=C(C=CCCC1)C(OC)CC2. The van der Waals surface area contributed by atoms with Crippen LogP contribution in [0.2, 0.25) is 0 Å². The van der Waals surface area contributed by atoms with Gasteiger partial charge in [0, 0.05) is 12.7 Å². The molecule has 0 aliphatic heterocycles. The summed E-state index contributed by atoms with van der Waals surface area (Å²) >= 11 is 0. The van der Waals surface area contributed by atoms with E-state index in [1.54, 1.807) is 28.4 Å². The average molecular weight is 330 g/mol. The molecule has 0 fully saturated rings. The molecule has 0 aromatic heterocycles. The fourth-order valence-electron chi connectivity index (χ4n) is 3.84. The summed E-state index contributed by atoms with van der Waals surface area (Å²) in [4.78, 5) is 0. The molecule has 3 rings (SSSR count). The minimum absolute atomic E-state index is 0.114. The summed E-state index contributed by atoms with van der Waals surface area (Å²) in [6, 6.07) is 2.09. The summed E-state index contributed by atoms with van der Waals surface area (Å²) in [5.41, 5.74) is 5.00. The standard InChI is InChI=1S/C20H26O4/c1-21-16-11-10-13-12-17(22-2)19(23-3)20(24-4)18(13)15-9-7-5-6-8-14(15)16/h6,8,12,16H,5,7,9-11H2,1-4H3. The summed E-state index contributed by atoms with van der Waals surface area (Å²) in [5.74, 6) is 2.15. The second kappa shape index (κ2) is 7.31. The zero-order chi connectivity index (χ0) is 17.1. The van der Waals surface area contributed by atoms with Gasteiger partial charge in [0.2, 0.25) is 5.75 Å². The Labute approximate surface area is 144 Å². The highest BCUT2D eigenvalue weighted by molar-refractivity contribution is 5.82. The van der Waals surface area contributed by atoms with E-state index >= 15 is 0 Å². The minimum Gasteiger partial charge on any atom is -0.493 e. The van der Waals surface area contributed by atoms with Crippen LogP contribution in [0.4, 0.5) is 0 Å². The third-order valence-electron chi connectivity index (χ3n) is 4.96. The van der Waals surface area contributed by atoms with Crippen LogP contribution < -0.4 is 14.2 Å². The van der Waals surface area contributed by atoms with Gasteiger partial charge in [-0.25, -0.2) is 0 Å². The normalized spacial score (nSPS) is 19.9. The fourth-order valence-corrected chi connectivity index (χ4v) is 3.84. The van der Waals surface area contributed by atoms with Crippen molar-refractivity contribution in [2.45, 2.75) is 38.2 Å². The monoisotopic (exact) mass is 330 g/mol. The van der Waals surface area contributed by atoms with Gasteiger partial charge in [0.15, 0.2) is 11.5 Å². The van der Waals surface area contributed by atoms with Crippen LogP contribution in [-0.2, 0) is 11.2 Å². The molecule has 0 saturated heterocycles. The molecular weight excluding hydrogens is 304 g/mol. The van der Waals surface area contributed by atoms with Crippen LogP contribution in [0.15, 0.2) is 23.8 Å². The predicted octanol–water partition coefficient (Wildman–Crippen LogP) is 4.17. The number of methoxy groups -OCH3 is 4. The Balaban J connectivity index is 2.30. The van der Waals surface area contributed by atoms with Crippen molar-refractivity contribution in [3.05, 3.63) is 34.9 Å². The molecule has 1 aromatic carbocycles. The number of aryl methyl sites for hydroxylation is 1. The van der Waals surface area contributed by atoms with Gasteiger partial charge in [0.1, 0.15) is 0 Å². The van der Waals surface area contributed by atoms with E-state index in [0.29, 0.717) is 5.75 Å². The molecule has 0 N–H and O–H groups in total. The second-order valence-electron chi connectivity index (χ2n) is 6.17. The van der Waals surface area contributed by atoms with E-state index in [2.05, 4.69) is 18.2 Å². The lowest BCUT2D eigenvalue weighted by Crippen LogP contribution is -2.13. The molecule has 1 atom stereocenters. The molecule has 0 radical (unpaired) electrons. The lowest BCUT2D eigenvalue weighted by molar-refractivity contribution is 0.128. The Hall–Kier alpha value is -1.94. The first-order valence-electron chi connectivity index (χ1n) is 8.49. The van der Waals surface area contributed by atoms with Gasteiger partial charge in [-0.05, 0) is 54.9 Å². The largest absolute Gasteiger partial charge is 0.493 e. The molecular formula is C20H26O4. The molecule has 0 bridgehead atoms. The van der Waals surface area contributed by atoms with Crippen molar-refractivity contribution in [2.75, 3.05) is 28.4 Å². The summed E-state index contributed by atoms with van der Waals surface area (Å²) in [6.45, 7) is 0. The molecule has 130 valence electrons. The summed E-state index contributed by atoms with van der Waals surface area (Å²) in [6.07, 6.45) is 9.71. The summed E-state index contributed by atoms with van der Waals surface area (Å²) < 4.78 is 22.7. The number of ether oxygens (including phenoxy) is 4. The molecule has 4 nitrogen and oxygen atoms in total. The van der Waals surface area contributed by atoms with Crippen LogP contribution in [-0.4, -0.2) is 34.5 Å². The van der Waals surface area contributed by atoms with E-state index in [1.165, 1.54) is 16.7 Å². The summed E-state index contributed by atoms with van der Waals surface area (Å²) in [7, 11) is 6.81. The first-order chi connectivity index (χ1) is 11.7. The van der Waals surface area contributed by atoms with Gasteiger partial charge in [-0.15, -0.1) is 0 Å². The van der Waals surface area contributed by atoms with E-state index < -0.39 is 0 Å². The van der Waals surface area contributed by atoms with Crippen LogP contribution in [0, 0.1) is 0 Å². The Morgan fingerprint density at radius 3 is 2.42 bits per heavy atom. The smallest absolute Gasteiger partial charge is 0.203 e. The van der Waals surface area contributed by atoms with Crippen molar-refractivity contribution in [3.63, 3.8) is 0 Å². The van der Waals surface area contributed by atoms with Gasteiger partial charge in [-0.1, -0.05) is 12.2 Å². The highest BCUT2D eigenvalue weighted by Crippen LogP contribution is 2.49. The van der Waals surface area contributed by atoms with Gasteiger partial charge in [0.25, 0.3) is 0 Å². The maximum Gasteiger partial charge on any atom is 0.203 e. The van der Waals surface area contributed by atoms with E-state index in [1.807, 2.05) is 0 Å². The van der Waals surface area contributed by atoms with Crippen LogP contribution >= 0.6 is 0 Å². The number of hydrogen-bond acceptors (Lipinski definition) is 4. The molecule has 0 saturated carbocycles. The lowest BCUT2D eigenvalue weighted by Gasteiger charge is -2.21. The fraction of sp³-hybridized carbons (Fsp3) is 0.500. The molecule has 0 amide bonds. The van der Waals surface area contributed by atoms with Gasteiger partial charge in [-0.2, -0.15) is 0 Å². The molecule has 1 aromatic rings. The molecule has 1 unspecified atom stereocenters. The van der Waals surface area contributed by atoms with E-state index in [9.17, 15) is 0 Å². The molecule has 24 heavy (non-hydrogen) atoms. The molecule has 0 spiro atoms. The topological polar surface area (TPSA) is 36.9 Å². The summed E-state index contributed by atoms with van der Waals surface area (Å²) in [5, 5.41) is 0. The number of rotatable bonds is 4. The Kier molecular flexibility index (Phi) is 5.14. The van der Waals surface area contributed by atoms with Gasteiger partial charge >= 0.3 is 0 Å². The first-order valence-corrected chi connectivity index (χ1v) is 8.49. The second-order valence-corrected chi connectivity index (χ2v) is 6.17. The molecule has 2 aliphatic carbocycles. The third-order valence-corrected chi connectivity index (χ3v) is 4.96. The quantitative estimate of drug-likeness (QED) is 0.830. The van der Waals surface area contributed by atoms with Crippen molar-refractivity contribution in [1.29, 1.82) is 0 Å². The van der Waals surface area contributed by atoms with Crippen molar-refractivity contribution < 1.29 is 18.9 Å². The van der Waals surface area contributed by atoms with E-state index in [0.717, 1.165) is 49.2 Å². The van der Waals surface area contributed by atoms with Crippen molar-refractivity contribution in [1.82, 2.24) is 0 Å². The molecule has 4 heteroatoms. The van der Waals surface area contributed by atoms with Crippen molar-refractivity contribution in [3.8, 4) is 17.2 Å². The Bertz CT molecular complexity index is 673. The first kappa shape index (κ1) is 16.9. The number of hydrogen-bond donors (Lipinski definition) is 0. The Morgan fingerprint density at radius 2 is 1.75 bits per heavy atom. The van der Waals surface area contributed by atoms with E-state index in [4.69, 9.17) is 18.9 Å². The molecule has 0 heterocycles. The van der Waals surface area contributed by atoms with Crippen LogP contribution in [0.1, 0.15) is 36.8 Å².